The summed E-state index contributed by atoms with van der Waals surface area (Å²) < 4.78 is 6.07. The van der Waals surface area contributed by atoms with Crippen molar-refractivity contribution >= 4 is 5.91 Å². The molecule has 2 saturated heterocycles. The number of nitrogens with zero attached hydrogens (tertiary/aromatic N) is 1. The lowest BCUT2D eigenvalue weighted by Crippen LogP contribution is -2.48. The standard InChI is InChI=1S/C27H27NO3/c29-26-23(27(30,21-13-6-2-7-14-21)22-15-8-3-9-16-22)17-10-18-25-28(26)24(19-31-25)20-11-4-1-5-12-20/h1-9,11-16,23-25,30H,10,17-19H2/t23?,24-,25-/m0/s1. The highest BCUT2D eigenvalue weighted by Gasteiger charge is 2.51. The average molecular weight is 414 g/mol. The summed E-state index contributed by atoms with van der Waals surface area (Å²) in [6.45, 7) is 0.488. The molecule has 0 aliphatic carbocycles. The van der Waals surface area contributed by atoms with Gasteiger partial charge in [-0.25, -0.2) is 0 Å². The third-order valence-electron chi connectivity index (χ3n) is 6.71. The lowest BCUT2D eigenvalue weighted by atomic mass is 9.73. The summed E-state index contributed by atoms with van der Waals surface area (Å²) in [6, 6.07) is 29.1. The number of ether oxygens (including phenoxy) is 1. The van der Waals surface area contributed by atoms with Crippen LogP contribution in [0.1, 0.15) is 42.0 Å². The predicted octanol–water partition coefficient (Wildman–Crippen LogP) is 4.65. The first-order chi connectivity index (χ1) is 15.2. The number of carbonyl (C=O) groups is 1. The summed E-state index contributed by atoms with van der Waals surface area (Å²) >= 11 is 0. The lowest BCUT2D eigenvalue weighted by molar-refractivity contribution is -0.148. The fraction of sp³-hybridized carbons (Fsp3) is 0.296. The van der Waals surface area contributed by atoms with Gasteiger partial charge in [0, 0.05) is 0 Å². The average Bonchev–Trinajstić information content (AvgIpc) is 3.19. The van der Waals surface area contributed by atoms with Gasteiger partial charge < -0.3 is 14.7 Å². The van der Waals surface area contributed by atoms with Crippen LogP contribution in [0.5, 0.6) is 0 Å². The van der Waals surface area contributed by atoms with Gasteiger partial charge in [0.1, 0.15) is 11.8 Å². The fourth-order valence-corrected chi connectivity index (χ4v) is 5.15. The van der Waals surface area contributed by atoms with Crippen LogP contribution >= 0.6 is 0 Å². The van der Waals surface area contributed by atoms with E-state index in [9.17, 15) is 9.90 Å². The molecule has 3 aromatic rings. The molecule has 0 spiro atoms. The summed E-state index contributed by atoms with van der Waals surface area (Å²) in [7, 11) is 0. The molecule has 3 aromatic carbocycles. The molecule has 2 fully saturated rings. The molecule has 0 radical (unpaired) electrons. The Balaban J connectivity index is 1.59. The van der Waals surface area contributed by atoms with Crippen molar-refractivity contribution in [3.05, 3.63) is 108 Å². The Hall–Kier alpha value is -2.95. The number of carbonyl (C=O) groups excluding carboxylic acids is 1. The van der Waals surface area contributed by atoms with E-state index >= 15 is 0 Å². The summed E-state index contributed by atoms with van der Waals surface area (Å²) in [4.78, 5) is 16.0. The molecule has 2 aliphatic heterocycles. The zero-order valence-corrected chi connectivity index (χ0v) is 17.4. The molecule has 2 heterocycles. The van der Waals surface area contributed by atoms with Gasteiger partial charge in [-0.05, 0) is 36.0 Å². The summed E-state index contributed by atoms with van der Waals surface area (Å²) in [6.07, 6.45) is 1.97. The smallest absolute Gasteiger partial charge is 0.231 e. The van der Waals surface area contributed by atoms with E-state index in [-0.39, 0.29) is 18.2 Å². The Bertz CT molecular complexity index is 983. The van der Waals surface area contributed by atoms with Gasteiger partial charge in [-0.15, -0.1) is 0 Å². The topological polar surface area (TPSA) is 49.8 Å². The molecule has 158 valence electrons. The minimum absolute atomic E-state index is 0.0379. The highest BCUT2D eigenvalue weighted by molar-refractivity contribution is 5.82. The van der Waals surface area contributed by atoms with Gasteiger partial charge in [0.15, 0.2) is 0 Å². The number of aliphatic hydroxyl groups is 1. The largest absolute Gasteiger partial charge is 0.380 e. The van der Waals surface area contributed by atoms with Crippen LogP contribution in [-0.2, 0) is 15.1 Å². The van der Waals surface area contributed by atoms with Crippen LogP contribution in [0, 0.1) is 5.92 Å². The molecule has 4 heteroatoms. The van der Waals surface area contributed by atoms with Gasteiger partial charge in [0.05, 0.1) is 18.6 Å². The third kappa shape index (κ3) is 3.46. The Labute approximate surface area is 183 Å². The van der Waals surface area contributed by atoms with Crippen molar-refractivity contribution in [2.24, 2.45) is 5.92 Å². The minimum Gasteiger partial charge on any atom is -0.380 e. The maximum absolute atomic E-state index is 14.1. The molecule has 3 atom stereocenters. The number of rotatable bonds is 4. The maximum Gasteiger partial charge on any atom is 0.231 e. The van der Waals surface area contributed by atoms with E-state index in [0.29, 0.717) is 13.0 Å². The second-order valence-electron chi connectivity index (χ2n) is 8.44. The van der Waals surface area contributed by atoms with Gasteiger partial charge in [-0.3, -0.25) is 4.79 Å². The second kappa shape index (κ2) is 8.29. The van der Waals surface area contributed by atoms with Crippen molar-refractivity contribution in [2.75, 3.05) is 6.61 Å². The Morgan fingerprint density at radius 3 is 1.94 bits per heavy atom. The van der Waals surface area contributed by atoms with Crippen LogP contribution in [0.3, 0.4) is 0 Å². The van der Waals surface area contributed by atoms with Crippen LogP contribution < -0.4 is 0 Å². The number of hydrogen-bond donors (Lipinski definition) is 1. The van der Waals surface area contributed by atoms with E-state index in [4.69, 9.17) is 4.74 Å². The molecule has 4 nitrogen and oxygen atoms in total. The zero-order chi connectivity index (χ0) is 21.3. The first kappa shape index (κ1) is 20.0. The van der Waals surface area contributed by atoms with E-state index in [0.717, 1.165) is 29.5 Å². The second-order valence-corrected chi connectivity index (χ2v) is 8.44. The molecule has 0 bridgehead atoms. The van der Waals surface area contributed by atoms with E-state index in [1.54, 1.807) is 0 Å². The molecular formula is C27H27NO3. The monoisotopic (exact) mass is 413 g/mol. The van der Waals surface area contributed by atoms with Crippen LogP contribution in [0.4, 0.5) is 0 Å². The Kier molecular flexibility index (Phi) is 5.34. The Morgan fingerprint density at radius 2 is 1.35 bits per heavy atom. The van der Waals surface area contributed by atoms with Gasteiger partial charge >= 0.3 is 0 Å². The molecule has 0 saturated carbocycles. The number of fused-ring (bicyclic) bond motifs is 1. The molecule has 2 aliphatic rings. The first-order valence-electron chi connectivity index (χ1n) is 11.0. The molecule has 31 heavy (non-hydrogen) atoms. The van der Waals surface area contributed by atoms with Gasteiger partial charge in [0.2, 0.25) is 5.91 Å². The maximum atomic E-state index is 14.1. The van der Waals surface area contributed by atoms with E-state index in [1.807, 2.05) is 95.9 Å². The van der Waals surface area contributed by atoms with Crippen LogP contribution in [0.25, 0.3) is 0 Å². The molecule has 1 unspecified atom stereocenters. The normalized spacial score (nSPS) is 24.0. The SMILES string of the molecule is O=C1C(C(O)(c2ccccc2)c2ccccc2)CCC[C@@H]2OC[C@@H](c3ccccc3)N12. The van der Waals surface area contributed by atoms with Crippen molar-refractivity contribution in [1.29, 1.82) is 0 Å². The fourth-order valence-electron chi connectivity index (χ4n) is 5.15. The van der Waals surface area contributed by atoms with Gasteiger partial charge in [-0.1, -0.05) is 91.0 Å². The molecule has 1 N–H and O–H groups in total. The van der Waals surface area contributed by atoms with Crippen molar-refractivity contribution in [3.8, 4) is 0 Å². The van der Waals surface area contributed by atoms with Crippen molar-refractivity contribution in [3.63, 3.8) is 0 Å². The molecule has 0 aromatic heterocycles. The third-order valence-corrected chi connectivity index (χ3v) is 6.71. The minimum atomic E-state index is -1.40. The highest BCUT2D eigenvalue weighted by Crippen LogP contribution is 2.45. The number of benzene rings is 3. The zero-order valence-electron chi connectivity index (χ0n) is 17.4. The van der Waals surface area contributed by atoms with Gasteiger partial charge in [0.25, 0.3) is 0 Å². The summed E-state index contributed by atoms with van der Waals surface area (Å²) in [5, 5.41) is 12.3. The quantitative estimate of drug-likeness (QED) is 0.677. The van der Waals surface area contributed by atoms with E-state index in [1.165, 1.54) is 0 Å². The van der Waals surface area contributed by atoms with E-state index in [2.05, 4.69) is 0 Å². The van der Waals surface area contributed by atoms with E-state index < -0.39 is 11.5 Å². The highest BCUT2D eigenvalue weighted by atomic mass is 16.5. The Morgan fingerprint density at radius 1 is 0.806 bits per heavy atom. The molecule has 1 amide bonds. The molecule has 5 rings (SSSR count). The van der Waals surface area contributed by atoms with Crippen molar-refractivity contribution in [2.45, 2.75) is 37.1 Å². The number of amides is 1. The van der Waals surface area contributed by atoms with Crippen LogP contribution in [0.15, 0.2) is 91.0 Å². The van der Waals surface area contributed by atoms with Crippen LogP contribution in [-0.4, -0.2) is 28.7 Å². The predicted molar refractivity (Wildman–Crippen MR) is 119 cm³/mol. The molecular weight excluding hydrogens is 386 g/mol. The van der Waals surface area contributed by atoms with Crippen LogP contribution in [0.2, 0.25) is 0 Å². The number of hydrogen-bond acceptors (Lipinski definition) is 3. The van der Waals surface area contributed by atoms with Crippen molar-refractivity contribution < 1.29 is 14.6 Å². The van der Waals surface area contributed by atoms with Gasteiger partial charge in [-0.2, -0.15) is 0 Å². The van der Waals surface area contributed by atoms with Crippen molar-refractivity contribution in [1.82, 2.24) is 4.90 Å². The first-order valence-corrected chi connectivity index (χ1v) is 11.0. The summed E-state index contributed by atoms with van der Waals surface area (Å²) in [5.74, 6) is -0.626. The lowest BCUT2D eigenvalue weighted by Gasteiger charge is -2.39. The summed E-state index contributed by atoms with van der Waals surface area (Å²) in [5.41, 5.74) is 1.16.